The molecule has 1 atom stereocenters. The normalized spacial score (nSPS) is 14.9. The number of anilines is 2. The van der Waals surface area contributed by atoms with Crippen molar-refractivity contribution >= 4 is 50.2 Å². The van der Waals surface area contributed by atoms with Crippen molar-refractivity contribution in [2.75, 3.05) is 50.5 Å². The lowest BCUT2D eigenvalue weighted by molar-refractivity contribution is 0.185. The molecule has 0 bridgehead atoms. The van der Waals surface area contributed by atoms with E-state index in [4.69, 9.17) is 21.1 Å². The summed E-state index contributed by atoms with van der Waals surface area (Å²) in [5.41, 5.74) is -0.278. The van der Waals surface area contributed by atoms with Gasteiger partial charge in [-0.2, -0.15) is 0 Å². The van der Waals surface area contributed by atoms with Gasteiger partial charge in [-0.3, -0.25) is 4.72 Å². The van der Waals surface area contributed by atoms with E-state index in [1.54, 1.807) is 18.1 Å². The number of pyridine rings is 1. The maximum absolute atomic E-state index is 15.7. The number of urea groups is 1. The molecule has 12 nitrogen and oxygen atoms in total. The predicted octanol–water partition coefficient (Wildman–Crippen LogP) is 4.28. The Bertz CT molecular complexity index is 1820. The number of carbonyl (C=O) groups excluding carboxylic acids is 1. The Morgan fingerprint density at radius 3 is 2.73 bits per heavy atom. The molecule has 0 unspecified atom stereocenters. The SMILES string of the molecule is COCCNC(=O)N1CC[C@@H](Nc2ncc3cc(-c4c(F)ccc(NS(=O)(=O)c5cc(Cl)cnc5OC)c4F)ccc3n2)C1. The largest absolute Gasteiger partial charge is 0.480 e. The topological polar surface area (TPSA) is 148 Å². The van der Waals surface area contributed by atoms with Crippen molar-refractivity contribution in [2.24, 2.45) is 0 Å². The minimum Gasteiger partial charge on any atom is -0.480 e. The van der Waals surface area contributed by atoms with Crippen molar-refractivity contribution in [3.05, 3.63) is 65.4 Å². The van der Waals surface area contributed by atoms with E-state index < -0.39 is 37.8 Å². The molecular weight excluding hydrogens is 620 g/mol. The smallest absolute Gasteiger partial charge is 0.317 e. The van der Waals surface area contributed by atoms with Gasteiger partial charge < -0.3 is 25.0 Å². The summed E-state index contributed by atoms with van der Waals surface area (Å²) in [6.45, 7) is 1.89. The predicted molar refractivity (Wildman–Crippen MR) is 160 cm³/mol. The number of carbonyl (C=O) groups is 1. The van der Waals surface area contributed by atoms with Crippen LogP contribution < -0.4 is 20.1 Å². The highest BCUT2D eigenvalue weighted by atomic mass is 35.5. The van der Waals surface area contributed by atoms with Gasteiger partial charge in [0.15, 0.2) is 10.7 Å². The monoisotopic (exact) mass is 647 g/mol. The van der Waals surface area contributed by atoms with Crippen LogP contribution in [-0.4, -0.2) is 80.8 Å². The molecule has 3 heterocycles. The lowest BCUT2D eigenvalue weighted by atomic mass is 10.0. The first-order valence-electron chi connectivity index (χ1n) is 13.4. The summed E-state index contributed by atoms with van der Waals surface area (Å²) in [6.07, 6.45) is 3.42. The summed E-state index contributed by atoms with van der Waals surface area (Å²) in [5, 5.41) is 6.54. The fraction of sp³-hybridized carbons (Fsp3) is 0.286. The van der Waals surface area contributed by atoms with Crippen LogP contribution in [0.4, 0.5) is 25.2 Å². The number of aromatic nitrogens is 3. The number of nitrogens with one attached hydrogen (secondary N) is 3. The number of rotatable bonds is 10. The molecule has 0 saturated carbocycles. The van der Waals surface area contributed by atoms with Crippen molar-refractivity contribution in [2.45, 2.75) is 17.4 Å². The number of halogens is 3. The number of amides is 2. The molecule has 1 aliphatic rings. The minimum atomic E-state index is -4.42. The first-order valence-corrected chi connectivity index (χ1v) is 15.2. The van der Waals surface area contributed by atoms with E-state index in [9.17, 15) is 17.6 Å². The number of hydrogen-bond donors (Lipinski definition) is 3. The number of hydrogen-bond acceptors (Lipinski definition) is 9. The summed E-state index contributed by atoms with van der Waals surface area (Å²) in [7, 11) is -1.63. The highest BCUT2D eigenvalue weighted by Crippen LogP contribution is 2.34. The van der Waals surface area contributed by atoms with Gasteiger partial charge in [-0.1, -0.05) is 17.7 Å². The Hall–Kier alpha value is -4.34. The molecule has 1 fully saturated rings. The summed E-state index contributed by atoms with van der Waals surface area (Å²) < 4.78 is 68.8. The van der Waals surface area contributed by atoms with Crippen molar-refractivity contribution in [3.8, 4) is 17.0 Å². The van der Waals surface area contributed by atoms with E-state index in [0.717, 1.165) is 18.2 Å². The Morgan fingerprint density at radius 2 is 1.95 bits per heavy atom. The molecular formula is C28H28ClF2N7O5S. The molecule has 0 radical (unpaired) electrons. The molecule has 5 rings (SSSR count). The van der Waals surface area contributed by atoms with Gasteiger partial charge in [0, 0.05) is 50.6 Å². The molecule has 232 valence electrons. The lowest BCUT2D eigenvalue weighted by Crippen LogP contribution is -2.40. The van der Waals surface area contributed by atoms with Crippen LogP contribution in [0.25, 0.3) is 22.0 Å². The summed E-state index contributed by atoms with van der Waals surface area (Å²) in [6, 6.07) is 7.38. The van der Waals surface area contributed by atoms with Crippen LogP contribution >= 0.6 is 11.6 Å². The molecule has 2 aromatic heterocycles. The number of benzene rings is 2. The molecule has 2 amide bonds. The average Bonchev–Trinajstić information content (AvgIpc) is 3.47. The number of ether oxygens (including phenoxy) is 2. The fourth-order valence-electron chi connectivity index (χ4n) is 4.73. The van der Waals surface area contributed by atoms with Crippen LogP contribution in [0.15, 0.2) is 53.7 Å². The van der Waals surface area contributed by atoms with E-state index in [1.807, 2.05) is 0 Å². The third-order valence-corrected chi connectivity index (χ3v) is 8.43. The first kappa shape index (κ1) is 31.1. The Labute approximate surface area is 256 Å². The highest BCUT2D eigenvalue weighted by Gasteiger charge is 2.27. The molecule has 3 N–H and O–H groups in total. The second-order valence-electron chi connectivity index (χ2n) is 9.82. The minimum absolute atomic E-state index is 0.0227. The van der Waals surface area contributed by atoms with Crippen molar-refractivity contribution in [3.63, 3.8) is 0 Å². The van der Waals surface area contributed by atoms with Crippen molar-refractivity contribution in [1.29, 1.82) is 0 Å². The first-order chi connectivity index (χ1) is 21.1. The number of likely N-dealkylation sites (tertiary alicyclic amines) is 1. The van der Waals surface area contributed by atoms with Gasteiger partial charge in [-0.05, 0) is 42.3 Å². The number of sulfonamides is 1. The Morgan fingerprint density at radius 1 is 1.14 bits per heavy atom. The van der Waals surface area contributed by atoms with Gasteiger partial charge in [0.25, 0.3) is 10.0 Å². The van der Waals surface area contributed by atoms with Crippen LogP contribution in [0.5, 0.6) is 5.88 Å². The van der Waals surface area contributed by atoms with E-state index in [2.05, 4.69) is 30.3 Å². The van der Waals surface area contributed by atoms with Gasteiger partial charge in [0.05, 0.1) is 35.5 Å². The number of methoxy groups -OCH3 is 2. The third kappa shape index (κ3) is 6.74. The summed E-state index contributed by atoms with van der Waals surface area (Å²) >= 11 is 5.91. The lowest BCUT2D eigenvalue weighted by Gasteiger charge is -2.18. The number of nitrogens with zero attached hydrogens (tertiary/aromatic N) is 4. The van der Waals surface area contributed by atoms with Crippen molar-refractivity contribution < 1.29 is 31.5 Å². The molecule has 2 aromatic carbocycles. The third-order valence-electron chi connectivity index (χ3n) is 6.86. The molecule has 1 saturated heterocycles. The van der Waals surface area contributed by atoms with E-state index >= 15 is 4.39 Å². The van der Waals surface area contributed by atoms with Gasteiger partial charge in [-0.15, -0.1) is 0 Å². The zero-order chi connectivity index (χ0) is 31.4. The zero-order valence-corrected chi connectivity index (χ0v) is 25.2. The summed E-state index contributed by atoms with van der Waals surface area (Å²) in [5.74, 6) is -1.93. The average molecular weight is 648 g/mol. The molecule has 0 spiro atoms. The van der Waals surface area contributed by atoms with Gasteiger partial charge in [-0.25, -0.2) is 36.9 Å². The van der Waals surface area contributed by atoms with E-state index in [1.165, 1.54) is 31.6 Å². The van der Waals surface area contributed by atoms with Gasteiger partial charge in [0.1, 0.15) is 5.82 Å². The zero-order valence-electron chi connectivity index (χ0n) is 23.6. The maximum Gasteiger partial charge on any atom is 0.317 e. The molecule has 16 heteroatoms. The maximum atomic E-state index is 15.7. The van der Waals surface area contributed by atoms with Crippen LogP contribution in [0, 0.1) is 11.6 Å². The number of fused-ring (bicyclic) bond motifs is 1. The molecule has 1 aliphatic heterocycles. The van der Waals surface area contributed by atoms with Gasteiger partial charge >= 0.3 is 6.03 Å². The molecule has 4 aromatic rings. The van der Waals surface area contributed by atoms with Gasteiger partial charge in [0.2, 0.25) is 11.8 Å². The van der Waals surface area contributed by atoms with Crippen LogP contribution in [0.2, 0.25) is 5.02 Å². The van der Waals surface area contributed by atoms with E-state index in [0.29, 0.717) is 49.5 Å². The highest BCUT2D eigenvalue weighted by molar-refractivity contribution is 7.92. The molecule has 44 heavy (non-hydrogen) atoms. The second kappa shape index (κ2) is 13.1. The standard InChI is InChI=1S/C28H28ClF2N7O5S/c1-42-10-8-32-28(39)38-9-7-19(15-38)35-27-34-13-17-11-16(3-5-21(17)36-27)24-20(30)4-6-22(25(24)31)37-44(40,41)23-12-18(29)14-33-26(23)43-2/h3-6,11-14,19,37H,7-10,15H2,1-2H3,(H,32,39)(H,34,35,36)/t19-/m1/s1. The van der Waals surface area contributed by atoms with E-state index in [-0.39, 0.29) is 28.5 Å². The van der Waals surface area contributed by atoms with Crippen molar-refractivity contribution in [1.82, 2.24) is 25.2 Å². The summed E-state index contributed by atoms with van der Waals surface area (Å²) in [4.78, 5) is 26.2. The van der Waals surface area contributed by atoms with Crippen LogP contribution in [0.3, 0.4) is 0 Å². The molecule has 0 aliphatic carbocycles. The van der Waals surface area contributed by atoms with Crippen LogP contribution in [-0.2, 0) is 14.8 Å². The second-order valence-corrected chi connectivity index (χ2v) is 11.9. The Kier molecular flexibility index (Phi) is 9.27. The Balaban J connectivity index is 1.34. The van der Waals surface area contributed by atoms with Crippen LogP contribution in [0.1, 0.15) is 6.42 Å². The fourth-order valence-corrected chi connectivity index (χ4v) is 6.15. The quantitative estimate of drug-likeness (QED) is 0.215.